The Morgan fingerprint density at radius 2 is 1.88 bits per heavy atom. The van der Waals surface area contributed by atoms with Gasteiger partial charge in [0.2, 0.25) is 5.91 Å². The maximum Gasteiger partial charge on any atom is 0.223 e. The highest BCUT2D eigenvalue weighted by Gasteiger charge is 2.29. The molecule has 4 aromatic rings. The number of benzene rings is 1. The summed E-state index contributed by atoms with van der Waals surface area (Å²) in [4.78, 5) is 22.0. The second-order valence-corrected chi connectivity index (χ2v) is 9.34. The topological polar surface area (TPSA) is 72.7 Å². The van der Waals surface area contributed by atoms with Crippen LogP contribution in [0.25, 0.3) is 27.5 Å². The molecule has 7 heteroatoms. The summed E-state index contributed by atoms with van der Waals surface area (Å²) in [5.74, 6) is -0.108. The first kappa shape index (κ1) is 20.6. The molecule has 0 saturated heterocycles. The standard InChI is InChI=1S/C25H25N5OS/c1-14-7-5-8-15(2)22(14)30-23-19(21(29-30)18-12-11-16(3)26-13-18)9-6-10-20-24(23)32-25(28-20)27-17(4)31/h5,7-8,11-13H,6,9-10H2,1-4H3,(H,27,28,31). The Kier molecular flexibility index (Phi) is 5.13. The molecule has 0 radical (unpaired) electrons. The molecule has 162 valence electrons. The van der Waals surface area contributed by atoms with E-state index in [0.29, 0.717) is 5.13 Å². The average Bonchev–Trinajstić information content (AvgIpc) is 3.24. The SMILES string of the molecule is CC(=O)Nc1nc2c(s1)-c1c(c(-c3ccc(C)nc3)nn1-c1c(C)cccc1C)CCC2. The third-order valence-electron chi connectivity index (χ3n) is 5.86. The van der Waals surface area contributed by atoms with E-state index in [0.717, 1.165) is 58.2 Å². The van der Waals surface area contributed by atoms with E-state index in [1.807, 2.05) is 19.2 Å². The minimum absolute atomic E-state index is 0.108. The van der Waals surface area contributed by atoms with Crippen molar-refractivity contribution >= 4 is 22.4 Å². The second-order valence-electron chi connectivity index (χ2n) is 8.35. The van der Waals surface area contributed by atoms with Crippen molar-refractivity contribution in [1.82, 2.24) is 19.7 Å². The van der Waals surface area contributed by atoms with Crippen molar-refractivity contribution in [2.45, 2.75) is 47.0 Å². The van der Waals surface area contributed by atoms with Crippen molar-refractivity contribution in [3.05, 3.63) is 64.6 Å². The van der Waals surface area contributed by atoms with Crippen molar-refractivity contribution in [3.63, 3.8) is 0 Å². The first-order valence-electron chi connectivity index (χ1n) is 10.8. The van der Waals surface area contributed by atoms with Gasteiger partial charge in [-0.1, -0.05) is 29.5 Å². The van der Waals surface area contributed by atoms with Crippen LogP contribution in [-0.2, 0) is 17.6 Å². The molecule has 0 bridgehead atoms. The van der Waals surface area contributed by atoms with Gasteiger partial charge in [-0.05, 0) is 63.3 Å². The molecule has 1 aromatic carbocycles. The van der Waals surface area contributed by atoms with E-state index in [9.17, 15) is 4.79 Å². The lowest BCUT2D eigenvalue weighted by Crippen LogP contribution is -2.05. The first-order valence-corrected chi connectivity index (χ1v) is 11.6. The number of thiazole rings is 1. The Balaban J connectivity index is 1.81. The molecule has 0 unspecified atom stereocenters. The lowest BCUT2D eigenvalue weighted by molar-refractivity contribution is -0.114. The number of hydrogen-bond donors (Lipinski definition) is 1. The molecule has 0 atom stereocenters. The molecule has 1 N–H and O–H groups in total. The second kappa shape index (κ2) is 7.98. The van der Waals surface area contributed by atoms with Crippen LogP contribution < -0.4 is 5.32 Å². The number of nitrogens with one attached hydrogen (secondary N) is 1. The Morgan fingerprint density at radius 1 is 1.09 bits per heavy atom. The molecule has 0 aliphatic heterocycles. The molecule has 32 heavy (non-hydrogen) atoms. The summed E-state index contributed by atoms with van der Waals surface area (Å²) in [6, 6.07) is 10.5. The van der Waals surface area contributed by atoms with Gasteiger partial charge in [-0.25, -0.2) is 9.67 Å². The van der Waals surface area contributed by atoms with E-state index < -0.39 is 0 Å². The van der Waals surface area contributed by atoms with Gasteiger partial charge in [0.25, 0.3) is 0 Å². The fraction of sp³-hybridized carbons (Fsp3) is 0.280. The van der Waals surface area contributed by atoms with Gasteiger partial charge < -0.3 is 5.32 Å². The lowest BCUT2D eigenvalue weighted by Gasteiger charge is -2.13. The monoisotopic (exact) mass is 443 g/mol. The number of aryl methyl sites for hydroxylation is 4. The molecule has 1 aliphatic carbocycles. The normalized spacial score (nSPS) is 12.8. The van der Waals surface area contributed by atoms with Crippen LogP contribution in [0, 0.1) is 20.8 Å². The molecule has 1 amide bonds. The summed E-state index contributed by atoms with van der Waals surface area (Å²) in [6.07, 6.45) is 4.68. The fourth-order valence-corrected chi connectivity index (χ4v) is 5.52. The molecule has 3 aromatic heterocycles. The molecule has 3 heterocycles. The predicted octanol–water partition coefficient (Wildman–Crippen LogP) is 5.43. The molecular formula is C25H25N5OS. The van der Waals surface area contributed by atoms with Crippen molar-refractivity contribution in [1.29, 1.82) is 0 Å². The number of fused-ring (bicyclic) bond motifs is 3. The maximum absolute atomic E-state index is 11.7. The lowest BCUT2D eigenvalue weighted by atomic mass is 10.0. The summed E-state index contributed by atoms with van der Waals surface area (Å²) in [7, 11) is 0. The van der Waals surface area contributed by atoms with Crippen LogP contribution >= 0.6 is 11.3 Å². The van der Waals surface area contributed by atoms with Gasteiger partial charge >= 0.3 is 0 Å². The fourth-order valence-electron chi connectivity index (χ4n) is 4.40. The number of nitrogens with zero attached hydrogens (tertiary/aromatic N) is 4. The number of hydrogen-bond acceptors (Lipinski definition) is 5. The number of carbonyl (C=O) groups excluding carboxylic acids is 1. The zero-order valence-electron chi connectivity index (χ0n) is 18.7. The third-order valence-corrected chi connectivity index (χ3v) is 6.88. The molecule has 0 fully saturated rings. The van der Waals surface area contributed by atoms with Gasteiger partial charge in [0, 0.05) is 29.9 Å². The zero-order chi connectivity index (χ0) is 22.4. The van der Waals surface area contributed by atoms with Crippen LogP contribution in [-0.4, -0.2) is 25.7 Å². The zero-order valence-corrected chi connectivity index (χ0v) is 19.5. The third kappa shape index (κ3) is 3.52. The van der Waals surface area contributed by atoms with Crippen molar-refractivity contribution < 1.29 is 4.79 Å². The van der Waals surface area contributed by atoms with Crippen molar-refractivity contribution in [2.75, 3.05) is 5.32 Å². The van der Waals surface area contributed by atoms with E-state index in [2.05, 4.69) is 53.1 Å². The quantitative estimate of drug-likeness (QED) is 0.458. The Morgan fingerprint density at radius 3 is 2.56 bits per heavy atom. The number of anilines is 1. The number of carbonyl (C=O) groups is 1. The van der Waals surface area contributed by atoms with Crippen molar-refractivity contribution in [2.24, 2.45) is 0 Å². The Hall–Kier alpha value is -3.32. The van der Waals surface area contributed by atoms with Gasteiger partial charge in [0.15, 0.2) is 5.13 Å². The Bertz CT molecular complexity index is 1310. The molecule has 5 rings (SSSR count). The predicted molar refractivity (Wildman–Crippen MR) is 128 cm³/mol. The number of rotatable bonds is 3. The number of aromatic nitrogens is 4. The minimum atomic E-state index is -0.108. The van der Waals surface area contributed by atoms with Crippen LogP contribution in [0.5, 0.6) is 0 Å². The number of para-hydroxylation sites is 1. The van der Waals surface area contributed by atoms with Crippen LogP contribution in [0.3, 0.4) is 0 Å². The summed E-state index contributed by atoms with van der Waals surface area (Å²) in [5, 5.41) is 8.67. The Labute approximate surface area is 191 Å². The summed E-state index contributed by atoms with van der Waals surface area (Å²) >= 11 is 1.53. The minimum Gasteiger partial charge on any atom is -0.302 e. The summed E-state index contributed by atoms with van der Waals surface area (Å²) < 4.78 is 2.09. The molecular weight excluding hydrogens is 418 g/mol. The molecule has 1 aliphatic rings. The van der Waals surface area contributed by atoms with Gasteiger partial charge in [-0.15, -0.1) is 0 Å². The van der Waals surface area contributed by atoms with E-state index in [4.69, 9.17) is 10.1 Å². The van der Waals surface area contributed by atoms with E-state index in [-0.39, 0.29) is 5.91 Å². The van der Waals surface area contributed by atoms with Crippen LogP contribution in [0.2, 0.25) is 0 Å². The molecule has 0 saturated carbocycles. The highest BCUT2D eigenvalue weighted by molar-refractivity contribution is 7.19. The van der Waals surface area contributed by atoms with Gasteiger partial charge in [0.1, 0.15) is 0 Å². The van der Waals surface area contributed by atoms with E-state index in [1.165, 1.54) is 35.0 Å². The molecule has 0 spiro atoms. The smallest absolute Gasteiger partial charge is 0.223 e. The van der Waals surface area contributed by atoms with Crippen molar-refractivity contribution in [3.8, 4) is 27.5 Å². The number of amides is 1. The summed E-state index contributed by atoms with van der Waals surface area (Å²) in [5.41, 5.74) is 9.73. The molecule has 6 nitrogen and oxygen atoms in total. The van der Waals surface area contributed by atoms with Gasteiger partial charge in [-0.2, -0.15) is 5.10 Å². The maximum atomic E-state index is 11.7. The van der Waals surface area contributed by atoms with Gasteiger partial charge in [0.05, 0.1) is 27.6 Å². The van der Waals surface area contributed by atoms with Crippen LogP contribution in [0.4, 0.5) is 5.13 Å². The number of pyridine rings is 1. The summed E-state index contributed by atoms with van der Waals surface area (Å²) in [6.45, 7) is 7.75. The van der Waals surface area contributed by atoms with E-state index in [1.54, 1.807) is 0 Å². The average molecular weight is 444 g/mol. The van der Waals surface area contributed by atoms with E-state index >= 15 is 0 Å². The first-order chi connectivity index (χ1) is 15.4. The largest absolute Gasteiger partial charge is 0.302 e. The van der Waals surface area contributed by atoms with Crippen LogP contribution in [0.1, 0.15) is 41.4 Å². The highest BCUT2D eigenvalue weighted by Crippen LogP contribution is 2.43. The highest BCUT2D eigenvalue weighted by atomic mass is 32.1. The van der Waals surface area contributed by atoms with Gasteiger partial charge in [-0.3, -0.25) is 9.78 Å². The van der Waals surface area contributed by atoms with Crippen LogP contribution in [0.15, 0.2) is 36.5 Å².